The number of pyridine rings is 1. The highest BCUT2D eigenvalue weighted by atomic mass is 32.1. The Hall–Kier alpha value is -3.28. The van der Waals surface area contributed by atoms with Crippen LogP contribution in [0.4, 0.5) is 33.2 Å². The molecule has 2 N–H and O–H groups in total. The first-order chi connectivity index (χ1) is 13.3. The lowest BCUT2D eigenvalue weighted by molar-refractivity contribution is -0.253. The van der Waals surface area contributed by atoms with Crippen molar-refractivity contribution in [1.29, 1.82) is 0 Å². The van der Waals surface area contributed by atoms with Crippen molar-refractivity contribution in [3.05, 3.63) is 48.8 Å². The van der Waals surface area contributed by atoms with Gasteiger partial charge in [-0.05, 0) is 36.4 Å². The van der Waals surface area contributed by atoms with Crippen molar-refractivity contribution in [3.8, 4) is 16.3 Å². The second kappa shape index (κ2) is 8.17. The van der Waals surface area contributed by atoms with E-state index >= 15 is 0 Å². The van der Waals surface area contributed by atoms with Gasteiger partial charge in [-0.1, -0.05) is 11.3 Å². The maximum absolute atomic E-state index is 12.8. The average molecular weight is 413 g/mol. The van der Waals surface area contributed by atoms with E-state index in [9.17, 15) is 22.4 Å². The number of carbonyl (C=O) groups is 1. The molecule has 0 aliphatic rings. The van der Waals surface area contributed by atoms with E-state index in [1.165, 1.54) is 12.1 Å². The van der Waals surface area contributed by atoms with Crippen LogP contribution in [-0.2, 0) is 0 Å². The fourth-order valence-corrected chi connectivity index (χ4v) is 2.68. The molecule has 0 bridgehead atoms. The number of aromatic nitrogens is 3. The molecular weight excluding hydrogens is 402 g/mol. The molecule has 0 aliphatic heterocycles. The number of ether oxygens (including phenoxy) is 1. The maximum Gasteiger partial charge on any atom is 0.461 e. The SMILES string of the molecule is O=C(Nc1ccc(OC(F)(F)C(F)F)cc1)Nc1nnc(-c2cccnc2)s1. The number of alkyl halides is 4. The third kappa shape index (κ3) is 4.91. The van der Waals surface area contributed by atoms with Gasteiger partial charge in [0.25, 0.3) is 0 Å². The predicted octanol–water partition coefficient (Wildman–Crippen LogP) is 4.48. The Morgan fingerprint density at radius 1 is 1.11 bits per heavy atom. The van der Waals surface area contributed by atoms with Crippen LogP contribution in [0.15, 0.2) is 48.8 Å². The molecule has 28 heavy (non-hydrogen) atoms. The summed E-state index contributed by atoms with van der Waals surface area (Å²) in [5.74, 6) is -0.471. The van der Waals surface area contributed by atoms with Crippen LogP contribution in [0.25, 0.3) is 10.6 Å². The highest BCUT2D eigenvalue weighted by Crippen LogP contribution is 2.28. The van der Waals surface area contributed by atoms with Crippen LogP contribution in [0.5, 0.6) is 5.75 Å². The second-order valence-corrected chi connectivity index (χ2v) is 6.20. The molecule has 7 nitrogen and oxygen atoms in total. The first-order valence-corrected chi connectivity index (χ1v) is 8.42. The van der Waals surface area contributed by atoms with Crippen molar-refractivity contribution < 1.29 is 27.1 Å². The Labute approximate surface area is 159 Å². The van der Waals surface area contributed by atoms with Crippen LogP contribution in [0.1, 0.15) is 0 Å². The molecule has 0 unspecified atom stereocenters. The number of nitrogens with one attached hydrogen (secondary N) is 2. The molecule has 2 heterocycles. The van der Waals surface area contributed by atoms with E-state index in [4.69, 9.17) is 0 Å². The summed E-state index contributed by atoms with van der Waals surface area (Å²) in [5.41, 5.74) is 0.965. The zero-order chi connectivity index (χ0) is 20.1. The van der Waals surface area contributed by atoms with Crippen LogP contribution in [0.3, 0.4) is 0 Å². The third-order valence-electron chi connectivity index (χ3n) is 3.17. The molecule has 0 atom stereocenters. The van der Waals surface area contributed by atoms with Gasteiger partial charge in [0.05, 0.1) is 0 Å². The summed E-state index contributed by atoms with van der Waals surface area (Å²) >= 11 is 1.13. The average Bonchev–Trinajstić information content (AvgIpc) is 3.12. The first kappa shape index (κ1) is 19.5. The Morgan fingerprint density at radius 2 is 1.86 bits per heavy atom. The number of hydrogen-bond acceptors (Lipinski definition) is 6. The normalized spacial score (nSPS) is 11.3. The lowest BCUT2D eigenvalue weighted by atomic mass is 10.3. The molecule has 0 spiro atoms. The minimum Gasteiger partial charge on any atom is -0.428 e. The minimum atomic E-state index is -4.60. The summed E-state index contributed by atoms with van der Waals surface area (Å²) in [6, 6.07) is 7.37. The van der Waals surface area contributed by atoms with Gasteiger partial charge in [0.2, 0.25) is 5.13 Å². The quantitative estimate of drug-likeness (QED) is 0.582. The van der Waals surface area contributed by atoms with Gasteiger partial charge in [-0.25, -0.2) is 4.79 Å². The fraction of sp³-hybridized carbons (Fsp3) is 0.125. The van der Waals surface area contributed by atoms with E-state index in [-0.39, 0.29) is 10.8 Å². The Morgan fingerprint density at radius 3 is 2.50 bits per heavy atom. The van der Waals surface area contributed by atoms with Crippen LogP contribution in [-0.4, -0.2) is 33.7 Å². The molecule has 0 saturated carbocycles. The number of anilines is 2. The number of benzene rings is 1. The van der Waals surface area contributed by atoms with Crippen LogP contribution < -0.4 is 15.4 Å². The van der Waals surface area contributed by atoms with Gasteiger partial charge in [-0.3, -0.25) is 10.3 Å². The largest absolute Gasteiger partial charge is 0.461 e. The van der Waals surface area contributed by atoms with Gasteiger partial charge < -0.3 is 10.1 Å². The predicted molar refractivity (Wildman–Crippen MR) is 93.8 cm³/mol. The van der Waals surface area contributed by atoms with Crippen molar-refractivity contribution in [2.24, 2.45) is 0 Å². The number of carbonyl (C=O) groups excluding carboxylic acids is 1. The van der Waals surface area contributed by atoms with Gasteiger partial charge in [-0.15, -0.1) is 10.2 Å². The Kier molecular flexibility index (Phi) is 5.68. The van der Waals surface area contributed by atoms with Crippen molar-refractivity contribution in [2.45, 2.75) is 12.5 Å². The summed E-state index contributed by atoms with van der Waals surface area (Å²) in [5, 5.41) is 13.5. The highest BCUT2D eigenvalue weighted by Gasteiger charge is 2.43. The molecule has 2 aromatic heterocycles. The monoisotopic (exact) mass is 413 g/mol. The number of amides is 2. The van der Waals surface area contributed by atoms with Gasteiger partial charge in [0.15, 0.2) is 5.01 Å². The maximum atomic E-state index is 12.8. The summed E-state index contributed by atoms with van der Waals surface area (Å²) in [6.07, 6.45) is -5.34. The molecule has 3 rings (SSSR count). The second-order valence-electron chi connectivity index (χ2n) is 5.22. The molecular formula is C16H11F4N5O2S. The first-order valence-electron chi connectivity index (χ1n) is 7.60. The summed E-state index contributed by atoms with van der Waals surface area (Å²) in [4.78, 5) is 16.0. The molecule has 3 aromatic rings. The molecule has 1 aromatic carbocycles. The number of halogens is 4. The smallest absolute Gasteiger partial charge is 0.428 e. The molecule has 0 radical (unpaired) electrons. The highest BCUT2D eigenvalue weighted by molar-refractivity contribution is 7.18. The lowest BCUT2D eigenvalue weighted by Gasteiger charge is -2.16. The number of urea groups is 1. The zero-order valence-corrected chi connectivity index (χ0v) is 14.6. The summed E-state index contributed by atoms with van der Waals surface area (Å²) < 4.78 is 53.8. The Bertz CT molecular complexity index is 938. The molecule has 12 heteroatoms. The van der Waals surface area contributed by atoms with Crippen molar-refractivity contribution in [3.63, 3.8) is 0 Å². The topological polar surface area (TPSA) is 89.0 Å². The minimum absolute atomic E-state index is 0.224. The standard InChI is InChI=1S/C16H11F4N5O2S/c17-13(18)16(19,20)27-11-5-3-10(4-6-11)22-14(26)23-15-25-24-12(28-15)9-2-1-7-21-8-9/h1-8,13H,(H2,22,23,25,26). The third-order valence-corrected chi connectivity index (χ3v) is 4.06. The summed E-state index contributed by atoms with van der Waals surface area (Å²) in [7, 11) is 0. The molecule has 0 fully saturated rings. The van der Waals surface area contributed by atoms with E-state index in [0.717, 1.165) is 29.0 Å². The molecule has 146 valence electrons. The van der Waals surface area contributed by atoms with E-state index in [0.29, 0.717) is 5.01 Å². The molecule has 0 aliphatic carbocycles. The van der Waals surface area contributed by atoms with Gasteiger partial charge in [0.1, 0.15) is 5.75 Å². The van der Waals surface area contributed by atoms with Crippen molar-refractivity contribution in [2.75, 3.05) is 10.6 Å². The lowest BCUT2D eigenvalue weighted by Crippen LogP contribution is -2.33. The van der Waals surface area contributed by atoms with Gasteiger partial charge in [-0.2, -0.15) is 17.6 Å². The summed E-state index contributed by atoms with van der Waals surface area (Å²) in [6.45, 7) is 0. The number of hydrogen-bond donors (Lipinski definition) is 2. The van der Waals surface area contributed by atoms with E-state index in [2.05, 4.69) is 30.6 Å². The molecule has 2 amide bonds. The Balaban J connectivity index is 1.57. The van der Waals surface area contributed by atoms with Crippen LogP contribution in [0, 0.1) is 0 Å². The van der Waals surface area contributed by atoms with Gasteiger partial charge >= 0.3 is 18.6 Å². The van der Waals surface area contributed by atoms with Crippen molar-refractivity contribution in [1.82, 2.24) is 15.2 Å². The van der Waals surface area contributed by atoms with E-state index < -0.39 is 24.3 Å². The fourth-order valence-electron chi connectivity index (χ4n) is 1.95. The van der Waals surface area contributed by atoms with Crippen LogP contribution in [0.2, 0.25) is 0 Å². The van der Waals surface area contributed by atoms with Crippen LogP contribution >= 0.6 is 11.3 Å². The molecule has 0 saturated heterocycles. The zero-order valence-electron chi connectivity index (χ0n) is 13.8. The van der Waals surface area contributed by atoms with E-state index in [1.807, 2.05) is 0 Å². The van der Waals surface area contributed by atoms with E-state index in [1.54, 1.807) is 24.5 Å². The number of nitrogens with zero attached hydrogens (tertiary/aromatic N) is 3. The van der Waals surface area contributed by atoms with Gasteiger partial charge in [0, 0.05) is 23.6 Å². The van der Waals surface area contributed by atoms with Crippen molar-refractivity contribution >= 4 is 28.2 Å². The number of rotatable bonds is 6.